The number of aromatic nitrogens is 2. The Labute approximate surface area is 141 Å². The van der Waals surface area contributed by atoms with Crippen molar-refractivity contribution in [3.63, 3.8) is 0 Å². The summed E-state index contributed by atoms with van der Waals surface area (Å²) in [6.45, 7) is 5.15. The summed E-state index contributed by atoms with van der Waals surface area (Å²) in [5.41, 5.74) is 3.11. The number of anilines is 2. The highest BCUT2D eigenvalue weighted by Crippen LogP contribution is 2.18. The van der Waals surface area contributed by atoms with Crippen LogP contribution in [0.15, 0.2) is 30.3 Å². The van der Waals surface area contributed by atoms with Crippen molar-refractivity contribution in [2.24, 2.45) is 0 Å². The van der Waals surface area contributed by atoms with Gasteiger partial charge < -0.3 is 15.4 Å². The van der Waals surface area contributed by atoms with Crippen molar-refractivity contribution >= 4 is 17.5 Å². The third kappa shape index (κ3) is 4.08. The van der Waals surface area contributed by atoms with Crippen LogP contribution in [0.1, 0.15) is 34.6 Å². The van der Waals surface area contributed by atoms with Crippen LogP contribution in [0.25, 0.3) is 0 Å². The summed E-state index contributed by atoms with van der Waals surface area (Å²) < 4.78 is 5.52. The van der Waals surface area contributed by atoms with Crippen molar-refractivity contribution in [3.05, 3.63) is 47.3 Å². The predicted octanol–water partition coefficient (Wildman–Crippen LogP) is 2.75. The maximum atomic E-state index is 12.3. The standard InChI is InChI=1S/C18H22N4O2/c1-12-6-3-4-8-15(12)21-18-20-13(2)10-16(22-18)17(23)19-11-14-7-5-9-24-14/h3-4,6,8,10,14H,5,7,9,11H2,1-2H3,(H,19,23)(H,20,21,22). The lowest BCUT2D eigenvalue weighted by Crippen LogP contribution is -2.32. The molecule has 126 valence electrons. The lowest BCUT2D eigenvalue weighted by molar-refractivity contribution is 0.0853. The first-order valence-electron chi connectivity index (χ1n) is 8.20. The lowest BCUT2D eigenvalue weighted by atomic mass is 10.2. The molecule has 6 nitrogen and oxygen atoms in total. The van der Waals surface area contributed by atoms with Crippen molar-refractivity contribution in [1.82, 2.24) is 15.3 Å². The van der Waals surface area contributed by atoms with Crippen LogP contribution in [0.3, 0.4) is 0 Å². The number of nitrogens with one attached hydrogen (secondary N) is 2. The fraction of sp³-hybridized carbons (Fsp3) is 0.389. The molecule has 0 radical (unpaired) electrons. The quantitative estimate of drug-likeness (QED) is 0.883. The van der Waals surface area contributed by atoms with Crippen molar-refractivity contribution < 1.29 is 9.53 Å². The number of nitrogens with zero attached hydrogens (tertiary/aromatic N) is 2. The minimum atomic E-state index is -0.205. The van der Waals surface area contributed by atoms with Gasteiger partial charge in [-0.3, -0.25) is 4.79 Å². The van der Waals surface area contributed by atoms with Crippen LogP contribution in [0.5, 0.6) is 0 Å². The summed E-state index contributed by atoms with van der Waals surface area (Å²) in [7, 11) is 0. The third-order valence-corrected chi connectivity index (χ3v) is 3.99. The smallest absolute Gasteiger partial charge is 0.270 e. The zero-order valence-corrected chi connectivity index (χ0v) is 14.0. The van der Waals surface area contributed by atoms with Gasteiger partial charge >= 0.3 is 0 Å². The van der Waals surface area contributed by atoms with Gasteiger partial charge in [0.1, 0.15) is 5.69 Å². The molecule has 2 N–H and O–H groups in total. The molecule has 1 amide bonds. The van der Waals surface area contributed by atoms with Crippen molar-refractivity contribution in [2.45, 2.75) is 32.8 Å². The molecular formula is C18H22N4O2. The zero-order valence-electron chi connectivity index (χ0n) is 14.0. The van der Waals surface area contributed by atoms with Crippen molar-refractivity contribution in [1.29, 1.82) is 0 Å². The normalized spacial score (nSPS) is 16.8. The molecule has 2 heterocycles. The maximum Gasteiger partial charge on any atom is 0.270 e. The average Bonchev–Trinajstić information content (AvgIpc) is 3.08. The van der Waals surface area contributed by atoms with E-state index in [4.69, 9.17) is 4.74 Å². The SMILES string of the molecule is Cc1cc(C(=O)NCC2CCCO2)nc(Nc2ccccc2C)n1. The zero-order chi connectivity index (χ0) is 16.9. The highest BCUT2D eigenvalue weighted by molar-refractivity contribution is 5.92. The molecule has 6 heteroatoms. The molecule has 1 fully saturated rings. The number of hydrogen-bond acceptors (Lipinski definition) is 5. The van der Waals surface area contributed by atoms with Crippen molar-refractivity contribution in [3.8, 4) is 0 Å². The number of carbonyl (C=O) groups is 1. The van der Waals surface area contributed by atoms with Gasteiger partial charge in [-0.15, -0.1) is 0 Å². The fourth-order valence-corrected chi connectivity index (χ4v) is 2.68. The van der Waals surface area contributed by atoms with Gasteiger partial charge in [0.2, 0.25) is 5.95 Å². The molecule has 1 aromatic heterocycles. The summed E-state index contributed by atoms with van der Waals surface area (Å²) in [4.78, 5) is 21.0. The Balaban J connectivity index is 1.71. The number of rotatable bonds is 5. The van der Waals surface area contributed by atoms with Crippen molar-refractivity contribution in [2.75, 3.05) is 18.5 Å². The number of para-hydroxylation sites is 1. The lowest BCUT2D eigenvalue weighted by Gasteiger charge is -2.12. The second kappa shape index (κ2) is 7.40. The van der Waals surface area contributed by atoms with E-state index in [0.717, 1.165) is 36.4 Å². The number of amides is 1. The summed E-state index contributed by atoms with van der Waals surface area (Å²) in [6.07, 6.45) is 2.15. The number of aryl methyl sites for hydroxylation is 2. The van der Waals surface area contributed by atoms with E-state index in [1.54, 1.807) is 6.07 Å². The first-order valence-corrected chi connectivity index (χ1v) is 8.20. The van der Waals surface area contributed by atoms with Gasteiger partial charge in [0.05, 0.1) is 6.10 Å². The summed E-state index contributed by atoms with van der Waals surface area (Å²) >= 11 is 0. The van der Waals surface area contributed by atoms with Gasteiger partial charge in [-0.25, -0.2) is 9.97 Å². The molecule has 1 aliphatic heterocycles. The molecule has 0 spiro atoms. The van der Waals surface area contributed by atoms with Crippen LogP contribution in [0, 0.1) is 13.8 Å². The molecule has 0 saturated carbocycles. The van der Waals surface area contributed by atoms with Gasteiger partial charge in [-0.05, 0) is 44.4 Å². The highest BCUT2D eigenvalue weighted by Gasteiger charge is 2.17. The molecule has 3 rings (SSSR count). The van der Waals surface area contributed by atoms with E-state index >= 15 is 0 Å². The topological polar surface area (TPSA) is 76.1 Å². The summed E-state index contributed by atoms with van der Waals surface area (Å²) in [6, 6.07) is 9.57. The first kappa shape index (κ1) is 16.4. The third-order valence-electron chi connectivity index (χ3n) is 3.99. The van der Waals surface area contributed by atoms with Gasteiger partial charge in [-0.1, -0.05) is 18.2 Å². The molecule has 1 saturated heterocycles. The number of ether oxygens (including phenoxy) is 1. The molecule has 2 aromatic rings. The van der Waals surface area contributed by atoms with Gasteiger partial charge in [0.15, 0.2) is 0 Å². The number of carbonyl (C=O) groups excluding carboxylic acids is 1. The Bertz CT molecular complexity index is 727. The van der Waals surface area contributed by atoms with Crippen LogP contribution in [-0.4, -0.2) is 35.1 Å². The van der Waals surface area contributed by atoms with E-state index < -0.39 is 0 Å². The van der Waals surface area contributed by atoms with Crippen LogP contribution < -0.4 is 10.6 Å². The van der Waals surface area contributed by atoms with Gasteiger partial charge in [0.25, 0.3) is 5.91 Å². The molecular weight excluding hydrogens is 304 g/mol. The Kier molecular flexibility index (Phi) is 5.05. The second-order valence-electron chi connectivity index (χ2n) is 6.00. The van der Waals surface area contributed by atoms with E-state index in [2.05, 4.69) is 20.6 Å². The van der Waals surface area contributed by atoms with Gasteiger partial charge in [0, 0.05) is 24.5 Å². The number of hydrogen-bond donors (Lipinski definition) is 2. The summed E-state index contributed by atoms with van der Waals surface area (Å²) in [5.74, 6) is 0.218. The van der Waals surface area contributed by atoms with Gasteiger partial charge in [-0.2, -0.15) is 0 Å². The minimum absolute atomic E-state index is 0.112. The van der Waals surface area contributed by atoms with E-state index in [1.165, 1.54) is 0 Å². The molecule has 0 bridgehead atoms. The van der Waals surface area contributed by atoms with E-state index in [1.807, 2.05) is 38.1 Å². The largest absolute Gasteiger partial charge is 0.376 e. The molecule has 1 atom stereocenters. The average molecular weight is 326 g/mol. The Hall–Kier alpha value is -2.47. The first-order chi connectivity index (χ1) is 11.6. The Morgan fingerprint density at radius 2 is 2.12 bits per heavy atom. The second-order valence-corrected chi connectivity index (χ2v) is 6.00. The monoisotopic (exact) mass is 326 g/mol. The predicted molar refractivity (Wildman–Crippen MR) is 92.5 cm³/mol. The maximum absolute atomic E-state index is 12.3. The number of benzene rings is 1. The van der Waals surface area contributed by atoms with Crippen LogP contribution in [0.4, 0.5) is 11.6 Å². The van der Waals surface area contributed by atoms with Crippen LogP contribution in [0.2, 0.25) is 0 Å². The molecule has 0 aliphatic carbocycles. The molecule has 1 aliphatic rings. The van der Waals surface area contributed by atoms with Crippen LogP contribution >= 0.6 is 0 Å². The molecule has 1 aromatic carbocycles. The Morgan fingerprint density at radius 3 is 2.88 bits per heavy atom. The fourth-order valence-electron chi connectivity index (χ4n) is 2.68. The Morgan fingerprint density at radius 1 is 1.29 bits per heavy atom. The van der Waals surface area contributed by atoms with E-state index in [0.29, 0.717) is 18.2 Å². The van der Waals surface area contributed by atoms with Crippen LogP contribution in [-0.2, 0) is 4.74 Å². The minimum Gasteiger partial charge on any atom is -0.376 e. The summed E-state index contributed by atoms with van der Waals surface area (Å²) in [5, 5.41) is 6.07. The molecule has 24 heavy (non-hydrogen) atoms. The highest BCUT2D eigenvalue weighted by atomic mass is 16.5. The van der Waals surface area contributed by atoms with E-state index in [9.17, 15) is 4.79 Å². The van der Waals surface area contributed by atoms with E-state index in [-0.39, 0.29) is 12.0 Å². The molecule has 1 unspecified atom stereocenters.